The molecule has 0 amide bonds. The average molecular weight is 412 g/mol. The molecule has 3 heterocycles. The second kappa shape index (κ2) is 7.33. The van der Waals surface area contributed by atoms with E-state index < -0.39 is 0 Å². The molecule has 142 valence electrons. The summed E-state index contributed by atoms with van der Waals surface area (Å²) >= 11 is 8.04. The van der Waals surface area contributed by atoms with Gasteiger partial charge in [-0.05, 0) is 48.4 Å². The van der Waals surface area contributed by atoms with Crippen LogP contribution in [0.2, 0.25) is 5.02 Å². The number of anilines is 1. The van der Waals surface area contributed by atoms with E-state index in [1.165, 1.54) is 18.0 Å². The third-order valence-electron chi connectivity index (χ3n) is 4.47. The second-order valence-corrected chi connectivity index (χ2v) is 7.50. The minimum absolute atomic E-state index is 0.189. The average Bonchev–Trinajstić information content (AvgIpc) is 3.09. The predicted octanol–water partition coefficient (Wildman–Crippen LogP) is 4.64. The Hall–Kier alpha value is -2.77. The summed E-state index contributed by atoms with van der Waals surface area (Å²) in [6.07, 6.45) is 3.82. The molecule has 0 saturated carbocycles. The van der Waals surface area contributed by atoms with Crippen molar-refractivity contribution in [3.8, 4) is 22.5 Å². The van der Waals surface area contributed by atoms with Crippen LogP contribution >= 0.6 is 23.5 Å². The Kier molecular flexibility index (Phi) is 4.87. The van der Waals surface area contributed by atoms with Gasteiger partial charge >= 0.3 is 0 Å². The molecule has 0 bridgehead atoms. The van der Waals surface area contributed by atoms with Gasteiger partial charge in [-0.2, -0.15) is 5.10 Å². The number of halogens is 1. The Labute approximate surface area is 171 Å². The lowest BCUT2D eigenvalue weighted by molar-refractivity contribution is 0.770. The van der Waals surface area contributed by atoms with Crippen LogP contribution in [0.15, 0.2) is 47.4 Å². The van der Waals surface area contributed by atoms with Crippen LogP contribution in [-0.2, 0) is 7.05 Å². The fourth-order valence-corrected chi connectivity index (χ4v) is 4.01. The number of aromatic amines is 1. The fraction of sp³-hybridized carbons (Fsp3) is 0.150. The number of aryl methyl sites for hydroxylation is 2. The molecule has 0 aliphatic heterocycles. The minimum atomic E-state index is -0.189. The van der Waals surface area contributed by atoms with E-state index in [4.69, 9.17) is 16.6 Å². The summed E-state index contributed by atoms with van der Waals surface area (Å²) in [7, 11) is 1.86. The molecule has 28 heavy (non-hydrogen) atoms. The van der Waals surface area contributed by atoms with Gasteiger partial charge in [-0.25, -0.2) is 4.98 Å². The highest BCUT2D eigenvalue weighted by atomic mass is 35.5. The summed E-state index contributed by atoms with van der Waals surface area (Å²) in [5, 5.41) is 5.98. The van der Waals surface area contributed by atoms with Gasteiger partial charge in [0.05, 0.1) is 10.7 Å². The number of H-pyrrole nitrogens is 1. The first kappa shape index (κ1) is 18.6. The lowest BCUT2D eigenvalue weighted by atomic mass is 9.98. The molecular formula is C20H18ClN5OS. The molecule has 1 aromatic carbocycles. The first-order chi connectivity index (χ1) is 13.5. The van der Waals surface area contributed by atoms with E-state index in [1.54, 1.807) is 10.7 Å². The molecule has 8 heteroatoms. The number of fused-ring (bicyclic) bond motifs is 1. The van der Waals surface area contributed by atoms with Crippen molar-refractivity contribution in [3.63, 3.8) is 0 Å². The molecule has 0 fully saturated rings. The zero-order valence-electron chi connectivity index (χ0n) is 15.6. The van der Waals surface area contributed by atoms with Crippen molar-refractivity contribution < 1.29 is 0 Å². The van der Waals surface area contributed by atoms with E-state index >= 15 is 0 Å². The third kappa shape index (κ3) is 3.39. The summed E-state index contributed by atoms with van der Waals surface area (Å²) < 4.78 is 4.95. The number of nitrogens with zero attached hydrogens (tertiary/aromatic N) is 3. The number of benzene rings is 1. The smallest absolute Gasteiger partial charge is 0.249 e. The maximum absolute atomic E-state index is 11.7. The van der Waals surface area contributed by atoms with Crippen molar-refractivity contribution in [2.75, 3.05) is 11.0 Å². The van der Waals surface area contributed by atoms with Crippen molar-refractivity contribution in [1.82, 2.24) is 19.7 Å². The largest absolute Gasteiger partial charge is 0.328 e. The second-order valence-electron chi connectivity index (χ2n) is 6.48. The van der Waals surface area contributed by atoms with Crippen LogP contribution in [0.4, 0.5) is 5.69 Å². The maximum Gasteiger partial charge on any atom is 0.249 e. The number of hydrogen-bond donors (Lipinski definition) is 2. The molecule has 4 aromatic rings. The number of nitrogens with one attached hydrogen (secondary N) is 2. The van der Waals surface area contributed by atoms with Gasteiger partial charge in [-0.3, -0.25) is 9.48 Å². The van der Waals surface area contributed by atoms with Gasteiger partial charge in [0, 0.05) is 36.5 Å². The summed E-state index contributed by atoms with van der Waals surface area (Å²) in [5.41, 5.74) is 5.53. The first-order valence-electron chi connectivity index (χ1n) is 8.60. The molecule has 4 rings (SSSR count). The van der Waals surface area contributed by atoms with Crippen LogP contribution in [0.3, 0.4) is 0 Å². The zero-order valence-corrected chi connectivity index (χ0v) is 17.1. The quantitative estimate of drug-likeness (QED) is 0.478. The Balaban J connectivity index is 2.00. The minimum Gasteiger partial charge on any atom is -0.328 e. The molecule has 2 N–H and O–H groups in total. The fourth-order valence-electron chi connectivity index (χ4n) is 3.17. The number of aromatic nitrogens is 4. The number of hydrogen-bond acceptors (Lipinski definition) is 5. The summed E-state index contributed by atoms with van der Waals surface area (Å²) in [6.45, 7) is 2.01. The Morgan fingerprint density at radius 3 is 2.71 bits per heavy atom. The van der Waals surface area contributed by atoms with Crippen LogP contribution in [0.1, 0.15) is 5.56 Å². The van der Waals surface area contributed by atoms with Crippen LogP contribution < -0.4 is 10.3 Å². The number of pyridine rings is 2. The Bertz CT molecular complexity index is 1220. The van der Waals surface area contributed by atoms with Gasteiger partial charge < -0.3 is 9.71 Å². The van der Waals surface area contributed by atoms with Gasteiger partial charge in [0.15, 0.2) is 0 Å². The number of rotatable bonds is 4. The van der Waals surface area contributed by atoms with Crippen molar-refractivity contribution in [3.05, 3.63) is 63.5 Å². The predicted molar refractivity (Wildman–Crippen MR) is 117 cm³/mol. The zero-order chi connectivity index (χ0) is 19.8. The molecule has 0 radical (unpaired) electrons. The van der Waals surface area contributed by atoms with Crippen molar-refractivity contribution in [2.24, 2.45) is 7.05 Å². The molecule has 0 aliphatic carbocycles. The van der Waals surface area contributed by atoms with Crippen molar-refractivity contribution in [2.45, 2.75) is 6.92 Å². The van der Waals surface area contributed by atoms with Gasteiger partial charge in [-0.15, -0.1) is 0 Å². The molecule has 0 atom stereocenters. The summed E-state index contributed by atoms with van der Waals surface area (Å²) in [4.78, 5) is 19.3. The lowest BCUT2D eigenvalue weighted by Gasteiger charge is -2.14. The SMILES string of the molecule is CSNc1c(C)cc(-c2cc3ccc(=O)[nH]c3nc2-c2ccn(C)n2)cc1Cl. The summed E-state index contributed by atoms with van der Waals surface area (Å²) in [6, 6.07) is 11.2. The van der Waals surface area contributed by atoms with Crippen molar-refractivity contribution in [1.29, 1.82) is 0 Å². The molecule has 6 nitrogen and oxygen atoms in total. The highest BCUT2D eigenvalue weighted by Crippen LogP contribution is 2.37. The first-order valence-corrected chi connectivity index (χ1v) is 10.2. The van der Waals surface area contributed by atoms with Gasteiger partial charge in [0.25, 0.3) is 0 Å². The molecule has 0 spiro atoms. The highest BCUT2D eigenvalue weighted by molar-refractivity contribution is 7.99. The van der Waals surface area contributed by atoms with E-state index in [1.807, 2.05) is 44.6 Å². The van der Waals surface area contributed by atoms with E-state index in [2.05, 4.69) is 20.9 Å². The molecule has 0 aliphatic rings. The van der Waals surface area contributed by atoms with E-state index in [-0.39, 0.29) is 5.56 Å². The molecule has 0 unspecified atom stereocenters. The van der Waals surface area contributed by atoms with Crippen LogP contribution in [0.25, 0.3) is 33.5 Å². The standard InChI is InChI=1S/C20H18ClN5OS/c1-11-8-13(10-15(21)18(11)25-28-3)14-9-12-4-5-17(27)22-20(12)23-19(14)16-6-7-26(2)24-16/h4-10,25H,1-3H3,(H,22,23,27). The van der Waals surface area contributed by atoms with E-state index in [9.17, 15) is 4.79 Å². The van der Waals surface area contributed by atoms with Crippen molar-refractivity contribution >= 4 is 40.3 Å². The highest BCUT2D eigenvalue weighted by Gasteiger charge is 2.16. The lowest BCUT2D eigenvalue weighted by Crippen LogP contribution is -2.05. The molecule has 0 saturated heterocycles. The Morgan fingerprint density at radius 2 is 2.04 bits per heavy atom. The Morgan fingerprint density at radius 1 is 1.21 bits per heavy atom. The van der Waals surface area contributed by atoms with Gasteiger partial charge in [0.1, 0.15) is 17.0 Å². The van der Waals surface area contributed by atoms with E-state index in [0.29, 0.717) is 16.4 Å². The van der Waals surface area contributed by atoms with Crippen LogP contribution in [0, 0.1) is 6.92 Å². The monoisotopic (exact) mass is 411 g/mol. The van der Waals surface area contributed by atoms with Gasteiger partial charge in [0.2, 0.25) is 5.56 Å². The maximum atomic E-state index is 11.7. The third-order valence-corrected chi connectivity index (χ3v) is 5.17. The van der Waals surface area contributed by atoms with Gasteiger partial charge in [-0.1, -0.05) is 23.5 Å². The van der Waals surface area contributed by atoms with Crippen LogP contribution in [-0.4, -0.2) is 26.0 Å². The molecular weight excluding hydrogens is 394 g/mol. The van der Waals surface area contributed by atoms with E-state index in [0.717, 1.165) is 33.5 Å². The molecule has 3 aromatic heterocycles. The van der Waals surface area contributed by atoms with Crippen LogP contribution in [0.5, 0.6) is 0 Å². The normalized spacial score (nSPS) is 11.1. The topological polar surface area (TPSA) is 75.6 Å². The summed E-state index contributed by atoms with van der Waals surface area (Å²) in [5.74, 6) is 0.